The predicted molar refractivity (Wildman–Crippen MR) is 207 cm³/mol. The van der Waals surface area contributed by atoms with Gasteiger partial charge in [-0.15, -0.1) is 0 Å². The Labute approximate surface area is 335 Å². The molecule has 5 rings (SSSR count). The molecule has 1 heterocycles. The molecule has 1 amide bonds. The van der Waals surface area contributed by atoms with E-state index in [0.717, 1.165) is 42.4 Å². The van der Waals surface area contributed by atoms with Gasteiger partial charge in [0.1, 0.15) is 12.4 Å². The van der Waals surface area contributed by atoms with Crippen molar-refractivity contribution in [1.82, 2.24) is 19.4 Å². The monoisotopic (exact) mass is 826 g/mol. The topological polar surface area (TPSA) is 174 Å². The number of rotatable bonds is 16. The SMILES string of the molecule is CCN(CC)CCN(Cc1ccc(-c2ccc(C(F)(F)F)cc2)cc1)C(=O)Cn1c(CCc2cccc(F)c2F)nc(=O)c2ccccc21.O=C(O)C(O)C(O)C(=O)O. The molecule has 0 spiro atoms. The number of hydrogen-bond acceptors (Lipinski definition) is 8. The predicted octanol–water partition coefficient (Wildman–Crippen LogP) is 5.39. The summed E-state index contributed by atoms with van der Waals surface area (Å²) in [6.45, 7) is 6.85. The van der Waals surface area contributed by atoms with Gasteiger partial charge in [0.25, 0.3) is 5.56 Å². The van der Waals surface area contributed by atoms with Gasteiger partial charge in [-0.2, -0.15) is 18.2 Å². The van der Waals surface area contributed by atoms with Gasteiger partial charge in [0.15, 0.2) is 23.8 Å². The molecule has 4 N–H and O–H groups in total. The molecule has 1 aromatic heterocycles. The Hall–Kier alpha value is -6.04. The second-order valence-corrected chi connectivity index (χ2v) is 13.3. The maximum absolute atomic E-state index is 14.5. The summed E-state index contributed by atoms with van der Waals surface area (Å²) in [5, 5.41) is 32.9. The number of alkyl halides is 3. The number of hydrogen-bond donors (Lipinski definition) is 4. The molecular weight excluding hydrogens is 783 g/mol. The molecule has 0 aliphatic carbocycles. The Balaban J connectivity index is 0.000000680. The van der Waals surface area contributed by atoms with Gasteiger partial charge in [-0.3, -0.25) is 9.59 Å². The third kappa shape index (κ3) is 12.2. The van der Waals surface area contributed by atoms with E-state index in [-0.39, 0.29) is 43.2 Å². The summed E-state index contributed by atoms with van der Waals surface area (Å²) < 4.78 is 69.1. The van der Waals surface area contributed by atoms with Crippen LogP contribution in [0, 0.1) is 11.6 Å². The first-order valence-corrected chi connectivity index (χ1v) is 18.4. The van der Waals surface area contributed by atoms with Gasteiger partial charge in [-0.05, 0) is 72.1 Å². The zero-order valence-corrected chi connectivity index (χ0v) is 32.1. The van der Waals surface area contributed by atoms with E-state index in [2.05, 4.69) is 9.88 Å². The Morgan fingerprint density at radius 3 is 1.90 bits per heavy atom. The largest absolute Gasteiger partial charge is 0.479 e. The van der Waals surface area contributed by atoms with E-state index in [1.165, 1.54) is 24.3 Å². The molecule has 12 nitrogen and oxygen atoms in total. The Kier molecular flexibility index (Phi) is 15.9. The number of halogens is 5. The lowest BCUT2D eigenvalue weighted by Crippen LogP contribution is -2.40. The highest BCUT2D eigenvalue weighted by Crippen LogP contribution is 2.31. The molecule has 2 atom stereocenters. The van der Waals surface area contributed by atoms with E-state index in [4.69, 9.17) is 20.4 Å². The van der Waals surface area contributed by atoms with Crippen molar-refractivity contribution in [1.29, 1.82) is 0 Å². The van der Waals surface area contributed by atoms with Gasteiger partial charge < -0.3 is 34.8 Å². The van der Waals surface area contributed by atoms with Gasteiger partial charge in [-0.1, -0.05) is 74.5 Å². The number of carboxylic acid groups (broad SMARTS) is 2. The zero-order valence-electron chi connectivity index (χ0n) is 32.1. The molecule has 0 saturated carbocycles. The number of amides is 1. The Morgan fingerprint density at radius 2 is 1.34 bits per heavy atom. The number of aromatic nitrogens is 2. The number of fused-ring (bicyclic) bond motifs is 1. The van der Waals surface area contributed by atoms with Crippen molar-refractivity contribution < 1.29 is 56.8 Å². The van der Waals surface area contributed by atoms with Crippen molar-refractivity contribution in [2.75, 3.05) is 26.2 Å². The number of benzene rings is 4. The fourth-order valence-electron chi connectivity index (χ4n) is 6.10. The van der Waals surface area contributed by atoms with Gasteiger partial charge in [-0.25, -0.2) is 18.4 Å². The molecular formula is C42H43F5N4O8. The molecule has 0 fully saturated rings. The van der Waals surface area contributed by atoms with Crippen molar-refractivity contribution in [2.45, 2.75) is 58.2 Å². The normalized spacial score (nSPS) is 12.4. The number of aliphatic hydroxyl groups excluding tert-OH is 2. The summed E-state index contributed by atoms with van der Waals surface area (Å²) in [5.74, 6) is -5.41. The highest BCUT2D eigenvalue weighted by atomic mass is 19.4. The third-order valence-corrected chi connectivity index (χ3v) is 9.52. The number of carboxylic acids is 2. The van der Waals surface area contributed by atoms with Crippen LogP contribution in [0.4, 0.5) is 22.0 Å². The maximum atomic E-state index is 14.5. The molecule has 0 saturated heterocycles. The minimum atomic E-state index is -4.42. The molecule has 59 heavy (non-hydrogen) atoms. The second kappa shape index (κ2) is 20.6. The second-order valence-electron chi connectivity index (χ2n) is 13.3. The van der Waals surface area contributed by atoms with E-state index in [1.54, 1.807) is 33.7 Å². The molecule has 5 aromatic rings. The van der Waals surface area contributed by atoms with Crippen LogP contribution in [0.3, 0.4) is 0 Å². The van der Waals surface area contributed by atoms with Crippen LogP contribution in [-0.2, 0) is 46.5 Å². The first-order valence-electron chi connectivity index (χ1n) is 18.4. The quantitative estimate of drug-likeness (QED) is 0.0945. The van der Waals surface area contributed by atoms with Crippen LogP contribution in [0.5, 0.6) is 0 Å². The lowest BCUT2D eigenvalue weighted by molar-refractivity contribution is -0.165. The van der Waals surface area contributed by atoms with E-state index in [1.807, 2.05) is 38.1 Å². The van der Waals surface area contributed by atoms with Crippen LogP contribution in [0.25, 0.3) is 22.0 Å². The summed E-state index contributed by atoms with van der Waals surface area (Å²) in [4.78, 5) is 54.9. The number of aliphatic carboxylic acids is 2. The average molecular weight is 827 g/mol. The highest BCUT2D eigenvalue weighted by Gasteiger charge is 2.30. The molecule has 0 aliphatic heterocycles. The van der Waals surface area contributed by atoms with Gasteiger partial charge >= 0.3 is 18.1 Å². The minimum Gasteiger partial charge on any atom is -0.479 e. The smallest absolute Gasteiger partial charge is 0.416 e. The van der Waals surface area contributed by atoms with Crippen molar-refractivity contribution in [3.8, 4) is 11.1 Å². The van der Waals surface area contributed by atoms with Crippen LogP contribution in [0.1, 0.15) is 36.4 Å². The lowest BCUT2D eigenvalue weighted by Gasteiger charge is -2.28. The molecule has 0 bridgehead atoms. The molecule has 0 aliphatic rings. The fourth-order valence-corrected chi connectivity index (χ4v) is 6.10. The van der Waals surface area contributed by atoms with E-state index in [0.29, 0.717) is 29.6 Å². The van der Waals surface area contributed by atoms with Gasteiger partial charge in [0.2, 0.25) is 5.91 Å². The summed E-state index contributed by atoms with van der Waals surface area (Å²) in [7, 11) is 0. The maximum Gasteiger partial charge on any atom is 0.416 e. The van der Waals surface area contributed by atoms with Crippen LogP contribution in [0.15, 0.2) is 95.8 Å². The van der Waals surface area contributed by atoms with Crippen LogP contribution < -0.4 is 5.56 Å². The fraction of sp³-hybridized carbons (Fsp3) is 0.310. The number of nitrogens with zero attached hydrogens (tertiary/aromatic N) is 4. The summed E-state index contributed by atoms with van der Waals surface area (Å²) in [5.41, 5.74) is 1.66. The highest BCUT2D eigenvalue weighted by molar-refractivity contribution is 5.83. The number of para-hydroxylation sites is 1. The molecule has 314 valence electrons. The summed E-state index contributed by atoms with van der Waals surface area (Å²) in [6, 6.07) is 23.1. The van der Waals surface area contributed by atoms with E-state index >= 15 is 0 Å². The van der Waals surface area contributed by atoms with Crippen LogP contribution in [0.2, 0.25) is 0 Å². The molecule has 4 aromatic carbocycles. The van der Waals surface area contributed by atoms with Crippen molar-refractivity contribution in [3.63, 3.8) is 0 Å². The van der Waals surface area contributed by atoms with Crippen molar-refractivity contribution >= 4 is 28.7 Å². The number of aliphatic hydroxyl groups is 2. The zero-order chi connectivity index (χ0) is 43.4. The van der Waals surface area contributed by atoms with E-state index in [9.17, 15) is 41.1 Å². The van der Waals surface area contributed by atoms with Crippen molar-refractivity contribution in [3.05, 3.63) is 135 Å². The van der Waals surface area contributed by atoms with Crippen LogP contribution >= 0.6 is 0 Å². The Bertz CT molecular complexity index is 2260. The number of carbonyl (C=O) groups excluding carboxylic acids is 1. The summed E-state index contributed by atoms with van der Waals surface area (Å²) in [6.07, 6.45) is -8.78. The number of likely N-dealkylation sites (N-methyl/N-ethyl adjacent to an activating group) is 1. The average Bonchev–Trinajstić information content (AvgIpc) is 3.22. The number of carbonyl (C=O) groups is 3. The number of aryl methyl sites for hydroxylation is 2. The molecule has 0 radical (unpaired) electrons. The molecule has 2 unspecified atom stereocenters. The minimum absolute atomic E-state index is 0.0690. The van der Waals surface area contributed by atoms with Crippen LogP contribution in [-0.4, -0.2) is 96.0 Å². The molecule has 17 heteroatoms. The standard InChI is InChI=1S/C38H37F5N4O2.C4H6O6/c1-3-45(4-2)22-23-46(24-26-12-14-27(15-13-26)28-16-19-30(20-17-28)38(41,42)43)35(48)25-47-33-11-6-5-9-31(33)37(49)44-34(47)21-18-29-8-7-10-32(39)36(29)40;5-1(3(7)8)2(6)4(9)10/h5-17,19-20H,3-4,18,21-25H2,1-2H3;1-2,5-6H,(H,7,8)(H,9,10). The third-order valence-electron chi connectivity index (χ3n) is 9.52. The summed E-state index contributed by atoms with van der Waals surface area (Å²) >= 11 is 0. The lowest BCUT2D eigenvalue weighted by atomic mass is 10.0. The van der Waals surface area contributed by atoms with Gasteiger partial charge in [0.05, 0.1) is 16.5 Å². The Morgan fingerprint density at radius 1 is 0.763 bits per heavy atom. The van der Waals surface area contributed by atoms with E-state index < -0.39 is 53.1 Å². The first-order chi connectivity index (χ1) is 27.9. The van der Waals surface area contributed by atoms with Crippen molar-refractivity contribution in [2.24, 2.45) is 0 Å². The first kappa shape index (κ1) is 45.7. The van der Waals surface area contributed by atoms with Gasteiger partial charge in [0, 0.05) is 26.1 Å².